The van der Waals surface area contributed by atoms with Crippen LogP contribution in [0.15, 0.2) is 71.5 Å². The minimum absolute atomic E-state index is 0. The molecule has 0 aliphatic heterocycles. The third kappa shape index (κ3) is 6.40. The Kier molecular flexibility index (Phi) is 8.33. The van der Waals surface area contributed by atoms with E-state index in [0.717, 1.165) is 15.7 Å². The van der Waals surface area contributed by atoms with Crippen molar-refractivity contribution in [1.82, 2.24) is 9.97 Å². The van der Waals surface area contributed by atoms with Crippen molar-refractivity contribution in [3.05, 3.63) is 83.2 Å². The largest absolute Gasteiger partial charge is 0.477 e. The van der Waals surface area contributed by atoms with Crippen molar-refractivity contribution in [2.45, 2.75) is 0 Å². The summed E-state index contributed by atoms with van der Waals surface area (Å²) in [4.78, 5) is 18.0. The van der Waals surface area contributed by atoms with Crippen LogP contribution in [0.5, 0.6) is 0 Å². The van der Waals surface area contributed by atoms with Gasteiger partial charge in [0.2, 0.25) is 0 Å². The molecule has 0 amide bonds. The van der Waals surface area contributed by atoms with Gasteiger partial charge in [-0.1, -0.05) is 38.6 Å². The molecule has 119 valence electrons. The number of halogens is 1. The zero-order valence-corrected chi connectivity index (χ0v) is 15.8. The molecule has 0 aliphatic carbocycles. The first-order valence-corrected chi connectivity index (χ1v) is 7.19. The van der Waals surface area contributed by atoms with Crippen LogP contribution in [0.1, 0.15) is 10.5 Å². The van der Waals surface area contributed by atoms with E-state index in [9.17, 15) is 4.79 Å². The summed E-state index contributed by atoms with van der Waals surface area (Å²) >= 11 is 3.41. The second kappa shape index (κ2) is 10.0. The van der Waals surface area contributed by atoms with E-state index in [4.69, 9.17) is 5.11 Å². The molecule has 1 radical (unpaired) electrons. The van der Waals surface area contributed by atoms with Gasteiger partial charge in [-0.3, -0.25) is 0 Å². The first-order chi connectivity index (χ1) is 10.7. The van der Waals surface area contributed by atoms with Gasteiger partial charge in [0.15, 0.2) is 0 Å². The van der Waals surface area contributed by atoms with Crippen molar-refractivity contribution >= 4 is 21.9 Å². The summed E-state index contributed by atoms with van der Waals surface area (Å²) < 4.78 is 1.05. The number of hydrogen-bond donors (Lipinski definition) is 1. The molecule has 0 saturated carbocycles. The fourth-order valence-electron chi connectivity index (χ4n) is 1.60. The summed E-state index contributed by atoms with van der Waals surface area (Å²) in [5.74, 6) is -0.990. The van der Waals surface area contributed by atoms with Crippen LogP contribution >= 0.6 is 15.9 Å². The molecule has 2 aromatic heterocycles. The van der Waals surface area contributed by atoms with Crippen molar-refractivity contribution in [1.29, 1.82) is 0 Å². The van der Waals surface area contributed by atoms with Gasteiger partial charge in [-0.15, -0.1) is 29.8 Å². The molecule has 0 aliphatic rings. The summed E-state index contributed by atoms with van der Waals surface area (Å²) in [6.07, 6.45) is 3.23. The van der Waals surface area contributed by atoms with E-state index in [1.165, 1.54) is 12.3 Å². The second-order valence-corrected chi connectivity index (χ2v) is 5.07. The molecule has 3 rings (SSSR count). The third-order valence-corrected chi connectivity index (χ3v) is 3.08. The van der Waals surface area contributed by atoms with E-state index < -0.39 is 5.97 Å². The quantitative estimate of drug-likeness (QED) is 0.491. The Hall–Kier alpha value is -1.88. The van der Waals surface area contributed by atoms with Crippen LogP contribution in [-0.4, -0.2) is 21.0 Å². The number of hydrogen-bond acceptors (Lipinski definition) is 3. The maximum atomic E-state index is 10.1. The maximum Gasteiger partial charge on any atom is 0.354 e. The summed E-state index contributed by atoms with van der Waals surface area (Å²) in [5, 5.41) is 8.32. The normalized spacial score (nSPS) is 9.09. The van der Waals surface area contributed by atoms with Crippen molar-refractivity contribution in [2.75, 3.05) is 0 Å². The van der Waals surface area contributed by atoms with Crippen LogP contribution in [0.25, 0.3) is 11.3 Å². The van der Waals surface area contributed by atoms with E-state index in [1.807, 2.05) is 36.4 Å². The van der Waals surface area contributed by atoms with E-state index >= 15 is 0 Å². The molecular weight excluding hydrogens is 536 g/mol. The van der Waals surface area contributed by atoms with E-state index in [1.54, 1.807) is 18.3 Å². The average Bonchev–Trinajstić information content (AvgIpc) is 2.57. The van der Waals surface area contributed by atoms with Crippen molar-refractivity contribution in [3.63, 3.8) is 0 Å². The van der Waals surface area contributed by atoms with Crippen molar-refractivity contribution < 1.29 is 30.0 Å². The molecule has 0 saturated heterocycles. The summed E-state index contributed by atoms with van der Waals surface area (Å²) in [7, 11) is 0. The molecule has 23 heavy (non-hydrogen) atoms. The first kappa shape index (κ1) is 19.2. The number of carbonyl (C=O) groups is 1. The maximum absolute atomic E-state index is 10.1. The standard InChI is InChI=1S/C11H7BrN.C6H5NO2.Ir/c12-10-5-3-4-9(8-10)11-6-1-2-7-13-11;8-6(9)5-3-1-2-4-7-5;/h1-3,5-8H;1-4H,(H,8,9);/q-1;;. The van der Waals surface area contributed by atoms with Crippen LogP contribution < -0.4 is 0 Å². The average molecular weight is 548 g/mol. The molecule has 4 nitrogen and oxygen atoms in total. The van der Waals surface area contributed by atoms with Gasteiger partial charge in [-0.25, -0.2) is 9.78 Å². The summed E-state index contributed by atoms with van der Waals surface area (Å²) in [5.41, 5.74) is 2.04. The number of rotatable bonds is 2. The van der Waals surface area contributed by atoms with Gasteiger partial charge >= 0.3 is 5.97 Å². The molecular formula is C17H12BrIrN2O2-. The summed E-state index contributed by atoms with van der Waals surface area (Å²) in [6, 6.07) is 19.6. The predicted molar refractivity (Wildman–Crippen MR) is 87.4 cm³/mol. The SMILES string of the molecule is Brc1cc[c-]c(-c2ccccn2)c1.O=C(O)c1ccccn1.[Ir]. The monoisotopic (exact) mass is 548 g/mol. The fraction of sp³-hybridized carbons (Fsp3) is 0. The van der Waals surface area contributed by atoms with E-state index in [-0.39, 0.29) is 25.8 Å². The van der Waals surface area contributed by atoms with Crippen LogP contribution in [0.2, 0.25) is 0 Å². The molecule has 3 aromatic rings. The van der Waals surface area contributed by atoms with Crippen LogP contribution in [0.3, 0.4) is 0 Å². The Balaban J connectivity index is 0.000000235. The minimum Gasteiger partial charge on any atom is -0.477 e. The summed E-state index contributed by atoms with van der Waals surface area (Å²) in [6.45, 7) is 0. The van der Waals surface area contributed by atoms with Crippen LogP contribution in [0, 0.1) is 6.07 Å². The van der Waals surface area contributed by atoms with Gasteiger partial charge in [-0.2, -0.15) is 0 Å². The second-order valence-electron chi connectivity index (χ2n) is 4.16. The van der Waals surface area contributed by atoms with Crippen LogP contribution in [0.4, 0.5) is 0 Å². The number of aromatic carboxylic acids is 1. The van der Waals surface area contributed by atoms with Gasteiger partial charge in [-0.05, 0) is 23.9 Å². The number of benzene rings is 1. The van der Waals surface area contributed by atoms with Gasteiger partial charge in [0.05, 0.1) is 0 Å². The molecule has 1 aromatic carbocycles. The Labute approximate surface area is 156 Å². The zero-order valence-electron chi connectivity index (χ0n) is 11.8. The first-order valence-electron chi connectivity index (χ1n) is 6.40. The zero-order chi connectivity index (χ0) is 15.8. The number of pyridine rings is 2. The number of aromatic nitrogens is 2. The van der Waals surface area contributed by atoms with Gasteiger partial charge in [0.1, 0.15) is 5.69 Å². The van der Waals surface area contributed by atoms with E-state index in [0.29, 0.717) is 0 Å². The topological polar surface area (TPSA) is 63.1 Å². The van der Waals surface area contributed by atoms with Gasteiger partial charge in [0, 0.05) is 32.5 Å². The Morgan fingerprint density at radius 3 is 2.22 bits per heavy atom. The molecule has 0 atom stereocenters. The predicted octanol–water partition coefficient (Wildman–Crippen LogP) is 4.09. The number of nitrogens with zero attached hydrogens (tertiary/aromatic N) is 2. The number of carboxylic acid groups (broad SMARTS) is 1. The van der Waals surface area contributed by atoms with Crippen LogP contribution in [-0.2, 0) is 20.1 Å². The van der Waals surface area contributed by atoms with E-state index in [2.05, 4.69) is 32.0 Å². The molecule has 0 bridgehead atoms. The van der Waals surface area contributed by atoms with Gasteiger partial charge in [0.25, 0.3) is 0 Å². The fourth-order valence-corrected chi connectivity index (χ4v) is 1.96. The molecule has 2 heterocycles. The van der Waals surface area contributed by atoms with Crippen molar-refractivity contribution in [3.8, 4) is 11.3 Å². The minimum atomic E-state index is -0.990. The van der Waals surface area contributed by atoms with Crippen molar-refractivity contribution in [2.24, 2.45) is 0 Å². The molecule has 6 heteroatoms. The number of carboxylic acids is 1. The Morgan fingerprint density at radius 1 is 1.04 bits per heavy atom. The van der Waals surface area contributed by atoms with Gasteiger partial charge < -0.3 is 10.1 Å². The Morgan fingerprint density at radius 2 is 1.74 bits per heavy atom. The Bertz CT molecular complexity index is 740. The third-order valence-electron chi connectivity index (χ3n) is 2.59. The smallest absolute Gasteiger partial charge is 0.354 e. The molecule has 0 unspecified atom stereocenters. The molecule has 1 N–H and O–H groups in total. The molecule has 0 spiro atoms. The molecule has 0 fully saturated rings.